The summed E-state index contributed by atoms with van der Waals surface area (Å²) >= 11 is 6.29. The van der Waals surface area contributed by atoms with Gasteiger partial charge < -0.3 is 5.73 Å². The third kappa shape index (κ3) is 2.40. The van der Waals surface area contributed by atoms with Crippen molar-refractivity contribution in [3.8, 4) is 0 Å². The molecule has 3 aromatic rings. The molecule has 0 aliphatic rings. The van der Waals surface area contributed by atoms with Gasteiger partial charge in [0.25, 0.3) is 0 Å². The van der Waals surface area contributed by atoms with Crippen LogP contribution < -0.4 is 5.73 Å². The van der Waals surface area contributed by atoms with Crippen molar-refractivity contribution in [1.29, 1.82) is 0 Å². The van der Waals surface area contributed by atoms with E-state index in [1.165, 1.54) is 0 Å². The van der Waals surface area contributed by atoms with E-state index >= 15 is 0 Å². The van der Waals surface area contributed by atoms with Crippen LogP contribution in [-0.2, 0) is 0 Å². The Morgan fingerprint density at radius 3 is 2.70 bits per heavy atom. The zero-order valence-corrected chi connectivity index (χ0v) is 11.9. The summed E-state index contributed by atoms with van der Waals surface area (Å²) in [7, 11) is 0. The summed E-state index contributed by atoms with van der Waals surface area (Å²) in [5.74, 6) is 0. The predicted octanol–water partition coefficient (Wildman–Crippen LogP) is 4.24. The first kappa shape index (κ1) is 13.1. The van der Waals surface area contributed by atoms with Gasteiger partial charge in [0.15, 0.2) is 0 Å². The Bertz CT molecular complexity index is 768. The molecule has 100 valence electrons. The third-order valence-electron chi connectivity index (χ3n) is 3.46. The van der Waals surface area contributed by atoms with E-state index in [-0.39, 0.29) is 6.04 Å². The third-order valence-corrected chi connectivity index (χ3v) is 3.79. The van der Waals surface area contributed by atoms with Crippen molar-refractivity contribution in [2.45, 2.75) is 13.0 Å². The van der Waals surface area contributed by atoms with Crippen LogP contribution >= 0.6 is 11.6 Å². The summed E-state index contributed by atoms with van der Waals surface area (Å²) in [5.41, 5.74) is 10.3. The van der Waals surface area contributed by atoms with Gasteiger partial charge in [-0.1, -0.05) is 41.9 Å². The Morgan fingerprint density at radius 1 is 1.10 bits per heavy atom. The van der Waals surface area contributed by atoms with Crippen molar-refractivity contribution in [1.82, 2.24) is 4.98 Å². The average Bonchev–Trinajstić information content (AvgIpc) is 2.46. The average molecular weight is 283 g/mol. The van der Waals surface area contributed by atoms with Gasteiger partial charge in [0.05, 0.1) is 11.6 Å². The van der Waals surface area contributed by atoms with Crippen molar-refractivity contribution in [2.24, 2.45) is 5.73 Å². The number of pyridine rings is 1. The molecule has 2 N–H and O–H groups in total. The highest BCUT2D eigenvalue weighted by Gasteiger charge is 2.13. The number of nitrogens with zero attached hydrogens (tertiary/aromatic N) is 1. The molecular weight excluding hydrogens is 268 g/mol. The van der Waals surface area contributed by atoms with Crippen molar-refractivity contribution < 1.29 is 0 Å². The number of halogens is 1. The highest BCUT2D eigenvalue weighted by Crippen LogP contribution is 2.28. The van der Waals surface area contributed by atoms with E-state index in [0.717, 1.165) is 27.6 Å². The van der Waals surface area contributed by atoms with Crippen LogP contribution in [0.4, 0.5) is 0 Å². The number of aromatic nitrogens is 1. The first-order valence-electron chi connectivity index (χ1n) is 6.51. The minimum atomic E-state index is -0.264. The van der Waals surface area contributed by atoms with E-state index in [1.807, 2.05) is 55.6 Å². The molecule has 0 radical (unpaired) electrons. The van der Waals surface area contributed by atoms with Gasteiger partial charge in [-0.3, -0.25) is 4.98 Å². The van der Waals surface area contributed by atoms with Gasteiger partial charge in [0.2, 0.25) is 0 Å². The molecular formula is C17H15ClN2. The number of para-hydroxylation sites is 1. The first-order valence-corrected chi connectivity index (χ1v) is 6.89. The fourth-order valence-corrected chi connectivity index (χ4v) is 2.67. The molecule has 0 bridgehead atoms. The van der Waals surface area contributed by atoms with Crippen LogP contribution in [0.25, 0.3) is 10.9 Å². The Balaban J connectivity index is 2.05. The number of rotatable bonds is 2. The number of fused-ring (bicyclic) bond motifs is 1. The predicted molar refractivity (Wildman–Crippen MR) is 84.0 cm³/mol. The largest absolute Gasteiger partial charge is 0.320 e. The fraction of sp³-hybridized carbons (Fsp3) is 0.118. The fourth-order valence-electron chi connectivity index (χ4n) is 2.32. The zero-order valence-electron chi connectivity index (χ0n) is 11.2. The second-order valence-electron chi connectivity index (χ2n) is 4.96. The maximum Gasteiger partial charge on any atom is 0.0702 e. The van der Waals surface area contributed by atoms with Crippen molar-refractivity contribution in [3.05, 3.63) is 76.4 Å². The number of aryl methyl sites for hydroxylation is 1. The number of hydrogen-bond acceptors (Lipinski definition) is 2. The van der Waals surface area contributed by atoms with E-state index in [2.05, 4.69) is 11.1 Å². The lowest BCUT2D eigenvalue weighted by Gasteiger charge is -2.15. The summed E-state index contributed by atoms with van der Waals surface area (Å²) in [4.78, 5) is 4.45. The molecule has 3 rings (SSSR count). The monoisotopic (exact) mass is 282 g/mol. The lowest BCUT2D eigenvalue weighted by atomic mass is 9.99. The molecule has 0 saturated heterocycles. The molecule has 2 aromatic carbocycles. The molecule has 0 spiro atoms. The summed E-state index contributed by atoms with van der Waals surface area (Å²) in [6.07, 6.45) is 1.82. The molecule has 0 saturated carbocycles. The second-order valence-corrected chi connectivity index (χ2v) is 5.37. The molecule has 1 atom stereocenters. The molecule has 1 aromatic heterocycles. The Morgan fingerprint density at radius 2 is 1.90 bits per heavy atom. The SMILES string of the molecule is Cc1ccc(C(N)c2cnc3ccccc3c2)c(Cl)c1. The maximum atomic E-state index is 6.33. The van der Waals surface area contributed by atoms with Crippen LogP contribution in [0.5, 0.6) is 0 Å². The van der Waals surface area contributed by atoms with Crippen LogP contribution in [0.3, 0.4) is 0 Å². The van der Waals surface area contributed by atoms with Crippen molar-refractivity contribution >= 4 is 22.5 Å². The highest BCUT2D eigenvalue weighted by molar-refractivity contribution is 6.31. The molecule has 3 heteroatoms. The molecule has 0 fully saturated rings. The smallest absolute Gasteiger partial charge is 0.0702 e. The van der Waals surface area contributed by atoms with Gasteiger partial charge in [-0.25, -0.2) is 0 Å². The molecule has 0 aliphatic carbocycles. The lowest BCUT2D eigenvalue weighted by molar-refractivity contribution is 0.866. The summed E-state index contributed by atoms with van der Waals surface area (Å²) in [6, 6.07) is 15.8. The van der Waals surface area contributed by atoms with Gasteiger partial charge in [0, 0.05) is 16.6 Å². The molecule has 2 nitrogen and oxygen atoms in total. The van der Waals surface area contributed by atoms with E-state index in [4.69, 9.17) is 17.3 Å². The Hall–Kier alpha value is -1.90. The van der Waals surface area contributed by atoms with Gasteiger partial charge in [0.1, 0.15) is 0 Å². The standard InChI is InChI=1S/C17H15ClN2/c1-11-6-7-14(15(18)8-11)17(19)13-9-12-4-2-3-5-16(12)20-10-13/h2-10,17H,19H2,1H3. The Labute approximate surface area is 123 Å². The highest BCUT2D eigenvalue weighted by atomic mass is 35.5. The van der Waals surface area contributed by atoms with Crippen molar-refractivity contribution in [2.75, 3.05) is 0 Å². The van der Waals surface area contributed by atoms with Gasteiger partial charge in [-0.15, -0.1) is 0 Å². The van der Waals surface area contributed by atoms with Gasteiger partial charge in [-0.2, -0.15) is 0 Å². The van der Waals surface area contributed by atoms with E-state index in [0.29, 0.717) is 5.02 Å². The lowest BCUT2D eigenvalue weighted by Crippen LogP contribution is -2.12. The minimum Gasteiger partial charge on any atom is -0.320 e. The number of benzene rings is 2. The van der Waals surface area contributed by atoms with Crippen LogP contribution in [0.15, 0.2) is 54.7 Å². The normalized spacial score (nSPS) is 12.6. The summed E-state index contributed by atoms with van der Waals surface area (Å²) in [5, 5.41) is 1.79. The van der Waals surface area contributed by atoms with Crippen LogP contribution in [0, 0.1) is 6.92 Å². The van der Waals surface area contributed by atoms with Crippen molar-refractivity contribution in [3.63, 3.8) is 0 Å². The molecule has 1 unspecified atom stereocenters. The molecule has 0 amide bonds. The number of nitrogens with two attached hydrogens (primary N) is 1. The maximum absolute atomic E-state index is 6.33. The summed E-state index contributed by atoms with van der Waals surface area (Å²) < 4.78 is 0. The molecule has 20 heavy (non-hydrogen) atoms. The molecule has 1 heterocycles. The Kier molecular flexibility index (Phi) is 3.43. The van der Waals surface area contributed by atoms with Crippen LogP contribution in [0.1, 0.15) is 22.7 Å². The topological polar surface area (TPSA) is 38.9 Å². The van der Waals surface area contributed by atoms with Gasteiger partial charge in [-0.05, 0) is 41.8 Å². The van der Waals surface area contributed by atoms with E-state index in [9.17, 15) is 0 Å². The van der Waals surface area contributed by atoms with E-state index in [1.54, 1.807) is 0 Å². The second kappa shape index (κ2) is 5.23. The van der Waals surface area contributed by atoms with E-state index < -0.39 is 0 Å². The van der Waals surface area contributed by atoms with Crippen LogP contribution in [-0.4, -0.2) is 4.98 Å². The molecule has 0 aliphatic heterocycles. The first-order chi connectivity index (χ1) is 9.65. The van der Waals surface area contributed by atoms with Gasteiger partial charge >= 0.3 is 0 Å². The number of hydrogen-bond donors (Lipinski definition) is 1. The summed E-state index contributed by atoms with van der Waals surface area (Å²) in [6.45, 7) is 2.01. The van der Waals surface area contributed by atoms with Crippen LogP contribution in [0.2, 0.25) is 5.02 Å². The quantitative estimate of drug-likeness (QED) is 0.763. The minimum absolute atomic E-state index is 0.264. The zero-order chi connectivity index (χ0) is 14.1.